The largest absolute Gasteiger partial charge is 0.374 e. The van der Waals surface area contributed by atoms with Crippen LogP contribution in [0.15, 0.2) is 30.4 Å². The first-order valence-electron chi connectivity index (χ1n) is 13.6. The van der Waals surface area contributed by atoms with E-state index in [1.54, 1.807) is 16.7 Å². The van der Waals surface area contributed by atoms with Crippen LogP contribution in [0.1, 0.15) is 101 Å². The van der Waals surface area contributed by atoms with E-state index < -0.39 is 0 Å². The molecule has 5 unspecified atom stereocenters. The van der Waals surface area contributed by atoms with E-state index in [1.807, 2.05) is 0 Å². The van der Waals surface area contributed by atoms with Crippen LogP contribution in [0.5, 0.6) is 0 Å². The van der Waals surface area contributed by atoms with Crippen LogP contribution in [0.3, 0.4) is 0 Å². The predicted octanol–water partition coefficient (Wildman–Crippen LogP) is 8.09. The minimum atomic E-state index is 0.520. The van der Waals surface area contributed by atoms with Crippen LogP contribution in [0, 0.1) is 23.7 Å². The molecule has 4 rings (SSSR count). The second-order valence-corrected chi connectivity index (χ2v) is 10.8. The second kappa shape index (κ2) is 11.7. The smallest absolute Gasteiger partial charge is 0.0651 e. The fraction of sp³-hybridized carbons (Fsp3) is 0.733. The Morgan fingerprint density at radius 2 is 1.68 bits per heavy atom. The van der Waals surface area contributed by atoms with Crippen LogP contribution < -0.4 is 0 Å². The Kier molecular flexibility index (Phi) is 8.71. The molecule has 1 aromatic carbocycles. The molecule has 0 aliphatic heterocycles. The number of fused-ring (bicyclic) bond motifs is 2. The van der Waals surface area contributed by atoms with Gasteiger partial charge in [-0.3, -0.25) is 0 Å². The summed E-state index contributed by atoms with van der Waals surface area (Å²) in [7, 11) is 0. The summed E-state index contributed by atoms with van der Waals surface area (Å²) in [5, 5.41) is 0. The van der Waals surface area contributed by atoms with Crippen molar-refractivity contribution < 1.29 is 4.74 Å². The van der Waals surface area contributed by atoms with Crippen molar-refractivity contribution in [2.45, 2.75) is 110 Å². The van der Waals surface area contributed by atoms with Gasteiger partial charge in [-0.15, -0.1) is 0 Å². The van der Waals surface area contributed by atoms with Gasteiger partial charge in [-0.1, -0.05) is 56.5 Å². The minimum Gasteiger partial charge on any atom is -0.374 e. The molecule has 0 spiro atoms. The Morgan fingerprint density at radius 1 is 0.871 bits per heavy atom. The van der Waals surface area contributed by atoms with Gasteiger partial charge in [0.15, 0.2) is 0 Å². The van der Waals surface area contributed by atoms with Crippen LogP contribution in [-0.2, 0) is 24.0 Å². The summed E-state index contributed by atoms with van der Waals surface area (Å²) in [5.41, 5.74) is 4.94. The lowest BCUT2D eigenvalue weighted by atomic mass is 9.62. The highest BCUT2D eigenvalue weighted by molar-refractivity contribution is 5.34. The summed E-state index contributed by atoms with van der Waals surface area (Å²) in [6.45, 7) is 5.19. The Balaban J connectivity index is 1.26. The Bertz CT molecular complexity index is 704. The number of unbranched alkanes of at least 4 members (excludes halogenated alkanes) is 3. The second-order valence-electron chi connectivity index (χ2n) is 10.8. The van der Waals surface area contributed by atoms with Crippen molar-refractivity contribution in [3.8, 4) is 0 Å². The minimum absolute atomic E-state index is 0.520. The zero-order chi connectivity index (χ0) is 21.5. The fourth-order valence-electron chi connectivity index (χ4n) is 6.90. The first kappa shape index (κ1) is 23.1. The summed E-state index contributed by atoms with van der Waals surface area (Å²) in [5.74, 6) is 3.83. The molecule has 5 atom stereocenters. The molecule has 172 valence electrons. The molecule has 0 heterocycles. The normalized spacial score (nSPS) is 30.8. The lowest BCUT2D eigenvalue weighted by Crippen LogP contribution is -2.37. The van der Waals surface area contributed by atoms with Gasteiger partial charge in [0.2, 0.25) is 0 Å². The number of rotatable bonds is 9. The molecule has 2 fully saturated rings. The standard InChI is InChI=1S/C30H46O/c1-3-5-7-8-9-23-10-11-25-20-26(13-12-24(25)19-23)27-14-15-29-22-30(31-18-6-4-2)17-16-28(29)21-27/h4,6,10-11,19,26-30H,3,5,7-9,12-18,20-22H2,1-2H3/b6-4+. The van der Waals surface area contributed by atoms with E-state index in [0.29, 0.717) is 6.10 Å². The van der Waals surface area contributed by atoms with Gasteiger partial charge in [0.25, 0.3) is 0 Å². The van der Waals surface area contributed by atoms with Gasteiger partial charge in [0.05, 0.1) is 12.7 Å². The average molecular weight is 423 g/mol. The van der Waals surface area contributed by atoms with E-state index in [4.69, 9.17) is 4.74 Å². The lowest BCUT2D eigenvalue weighted by molar-refractivity contribution is -0.0138. The number of benzene rings is 1. The highest BCUT2D eigenvalue weighted by Crippen LogP contribution is 2.47. The summed E-state index contributed by atoms with van der Waals surface area (Å²) in [4.78, 5) is 0. The lowest BCUT2D eigenvalue weighted by Gasteiger charge is -2.45. The maximum absolute atomic E-state index is 6.11. The van der Waals surface area contributed by atoms with Crippen molar-refractivity contribution in [3.05, 3.63) is 47.0 Å². The highest BCUT2D eigenvalue weighted by atomic mass is 16.5. The molecule has 0 bridgehead atoms. The molecule has 0 aromatic heterocycles. The van der Waals surface area contributed by atoms with Crippen molar-refractivity contribution in [2.75, 3.05) is 6.61 Å². The first-order valence-corrected chi connectivity index (χ1v) is 13.6. The van der Waals surface area contributed by atoms with Crippen molar-refractivity contribution >= 4 is 0 Å². The maximum atomic E-state index is 6.11. The molecular weight excluding hydrogens is 376 g/mol. The molecule has 0 N–H and O–H groups in total. The zero-order valence-corrected chi connectivity index (χ0v) is 20.3. The van der Waals surface area contributed by atoms with Crippen LogP contribution in [-0.4, -0.2) is 12.7 Å². The highest BCUT2D eigenvalue weighted by Gasteiger charge is 2.38. The Hall–Kier alpha value is -1.08. The van der Waals surface area contributed by atoms with Crippen LogP contribution in [0.2, 0.25) is 0 Å². The van der Waals surface area contributed by atoms with E-state index >= 15 is 0 Å². The maximum Gasteiger partial charge on any atom is 0.0651 e. The van der Waals surface area contributed by atoms with E-state index in [9.17, 15) is 0 Å². The molecule has 1 nitrogen and oxygen atoms in total. The van der Waals surface area contributed by atoms with E-state index in [-0.39, 0.29) is 0 Å². The molecule has 1 heteroatoms. The van der Waals surface area contributed by atoms with Gasteiger partial charge in [-0.05, 0) is 118 Å². The summed E-state index contributed by atoms with van der Waals surface area (Å²) < 4.78 is 6.11. The van der Waals surface area contributed by atoms with Crippen molar-refractivity contribution in [1.82, 2.24) is 0 Å². The monoisotopic (exact) mass is 422 g/mol. The summed E-state index contributed by atoms with van der Waals surface area (Å²) >= 11 is 0. The van der Waals surface area contributed by atoms with Gasteiger partial charge < -0.3 is 4.74 Å². The number of allylic oxidation sites excluding steroid dienone is 1. The number of hydrogen-bond acceptors (Lipinski definition) is 1. The summed E-state index contributed by atoms with van der Waals surface area (Å²) in [6.07, 6.45) is 24.1. The molecule has 1 aromatic rings. The summed E-state index contributed by atoms with van der Waals surface area (Å²) in [6, 6.07) is 7.50. The number of hydrogen-bond donors (Lipinski definition) is 0. The van der Waals surface area contributed by atoms with Crippen molar-refractivity contribution in [3.63, 3.8) is 0 Å². The van der Waals surface area contributed by atoms with Crippen molar-refractivity contribution in [2.24, 2.45) is 23.7 Å². The first-order chi connectivity index (χ1) is 15.3. The third-order valence-corrected chi connectivity index (χ3v) is 8.79. The molecule has 0 saturated heterocycles. The zero-order valence-electron chi connectivity index (χ0n) is 20.3. The molecule has 0 radical (unpaired) electrons. The van der Waals surface area contributed by atoms with Gasteiger partial charge in [-0.25, -0.2) is 0 Å². The Labute approximate surface area is 192 Å². The molecule has 3 aliphatic rings. The van der Waals surface area contributed by atoms with Crippen LogP contribution in [0.25, 0.3) is 0 Å². The number of ether oxygens (including phenoxy) is 1. The van der Waals surface area contributed by atoms with E-state index in [2.05, 4.69) is 44.2 Å². The SMILES string of the molecule is C/C=C/COC1CCC2CC(C3CCc4cc(CCCCCC)ccc4C3)CCC2C1. The third kappa shape index (κ3) is 6.25. The van der Waals surface area contributed by atoms with E-state index in [0.717, 1.165) is 30.3 Å². The van der Waals surface area contributed by atoms with Gasteiger partial charge in [0.1, 0.15) is 0 Å². The molecule has 0 amide bonds. The van der Waals surface area contributed by atoms with Gasteiger partial charge in [-0.2, -0.15) is 0 Å². The predicted molar refractivity (Wildman–Crippen MR) is 133 cm³/mol. The van der Waals surface area contributed by atoms with E-state index in [1.165, 1.54) is 89.9 Å². The average Bonchev–Trinajstić information content (AvgIpc) is 2.81. The Morgan fingerprint density at radius 3 is 2.52 bits per heavy atom. The topological polar surface area (TPSA) is 9.23 Å². The molecule has 3 aliphatic carbocycles. The van der Waals surface area contributed by atoms with Crippen LogP contribution in [0.4, 0.5) is 0 Å². The quantitative estimate of drug-likeness (QED) is 0.288. The molecule has 2 saturated carbocycles. The molecular formula is C30H46O. The van der Waals surface area contributed by atoms with Gasteiger partial charge in [0, 0.05) is 0 Å². The van der Waals surface area contributed by atoms with Gasteiger partial charge >= 0.3 is 0 Å². The molecule has 31 heavy (non-hydrogen) atoms. The van der Waals surface area contributed by atoms with Crippen molar-refractivity contribution in [1.29, 1.82) is 0 Å². The fourth-order valence-corrected chi connectivity index (χ4v) is 6.90. The third-order valence-electron chi connectivity index (χ3n) is 8.79. The number of aryl methyl sites for hydroxylation is 2. The van der Waals surface area contributed by atoms with Crippen LogP contribution >= 0.6 is 0 Å².